The largest absolute Gasteiger partial charge is 0.457 e. The summed E-state index contributed by atoms with van der Waals surface area (Å²) in [5, 5.41) is 13.7. The molecule has 0 atom stereocenters. The maximum absolute atomic E-state index is 13.3. The van der Waals surface area contributed by atoms with Gasteiger partial charge in [-0.3, -0.25) is 14.9 Å². The standard InChI is InChI=1S/C20H15FN2O4/c1-13-4-2-7-18(8-13)27-19-11-16(10-17(12-19)23(25)26)22-20(24)14-5-3-6-15(21)9-14/h2-12H,1H3,(H,22,24). The first-order valence-corrected chi connectivity index (χ1v) is 8.01. The smallest absolute Gasteiger partial charge is 0.275 e. The van der Waals surface area contributed by atoms with Gasteiger partial charge in [0.25, 0.3) is 11.6 Å². The molecule has 0 spiro atoms. The predicted molar refractivity (Wildman–Crippen MR) is 98.7 cm³/mol. The molecule has 1 amide bonds. The van der Waals surface area contributed by atoms with E-state index < -0.39 is 16.6 Å². The number of nitro groups is 1. The van der Waals surface area contributed by atoms with E-state index in [0.29, 0.717) is 5.75 Å². The third kappa shape index (κ3) is 4.66. The first-order valence-electron chi connectivity index (χ1n) is 8.01. The van der Waals surface area contributed by atoms with Gasteiger partial charge in [0.05, 0.1) is 16.7 Å². The molecule has 0 heterocycles. The molecule has 27 heavy (non-hydrogen) atoms. The Balaban J connectivity index is 1.89. The highest BCUT2D eigenvalue weighted by molar-refractivity contribution is 6.04. The van der Waals surface area contributed by atoms with E-state index in [2.05, 4.69) is 5.32 Å². The highest BCUT2D eigenvalue weighted by atomic mass is 19.1. The molecule has 7 heteroatoms. The van der Waals surface area contributed by atoms with Gasteiger partial charge in [-0.25, -0.2) is 4.39 Å². The first-order chi connectivity index (χ1) is 12.9. The van der Waals surface area contributed by atoms with Crippen molar-refractivity contribution in [2.24, 2.45) is 0 Å². The summed E-state index contributed by atoms with van der Waals surface area (Å²) in [5.74, 6) is -0.427. The Morgan fingerprint density at radius 3 is 2.52 bits per heavy atom. The van der Waals surface area contributed by atoms with Crippen LogP contribution in [0, 0.1) is 22.9 Å². The van der Waals surface area contributed by atoms with E-state index in [4.69, 9.17) is 4.74 Å². The van der Waals surface area contributed by atoms with Crippen LogP contribution in [-0.4, -0.2) is 10.8 Å². The number of rotatable bonds is 5. The van der Waals surface area contributed by atoms with E-state index in [-0.39, 0.29) is 22.7 Å². The van der Waals surface area contributed by atoms with Crippen molar-refractivity contribution in [2.75, 3.05) is 5.32 Å². The van der Waals surface area contributed by atoms with Gasteiger partial charge in [0.1, 0.15) is 17.3 Å². The van der Waals surface area contributed by atoms with Gasteiger partial charge in [0.2, 0.25) is 0 Å². The number of benzene rings is 3. The van der Waals surface area contributed by atoms with E-state index in [9.17, 15) is 19.3 Å². The zero-order valence-corrected chi connectivity index (χ0v) is 14.3. The molecule has 0 saturated heterocycles. The van der Waals surface area contributed by atoms with Gasteiger partial charge in [-0.1, -0.05) is 18.2 Å². The number of carbonyl (C=O) groups excluding carboxylic acids is 1. The number of aryl methyl sites for hydroxylation is 1. The molecule has 0 bridgehead atoms. The third-order valence-corrected chi connectivity index (χ3v) is 3.67. The number of hydrogen-bond acceptors (Lipinski definition) is 4. The fraction of sp³-hybridized carbons (Fsp3) is 0.0500. The Morgan fingerprint density at radius 2 is 1.81 bits per heavy atom. The zero-order chi connectivity index (χ0) is 19.4. The van der Waals surface area contributed by atoms with Crippen LogP contribution in [0.3, 0.4) is 0 Å². The van der Waals surface area contributed by atoms with Gasteiger partial charge in [-0.15, -0.1) is 0 Å². The molecular weight excluding hydrogens is 351 g/mol. The third-order valence-electron chi connectivity index (χ3n) is 3.67. The van der Waals surface area contributed by atoms with Gasteiger partial charge < -0.3 is 10.1 Å². The monoisotopic (exact) mass is 366 g/mol. The van der Waals surface area contributed by atoms with Crippen LogP contribution in [0.25, 0.3) is 0 Å². The molecule has 6 nitrogen and oxygen atoms in total. The summed E-state index contributed by atoms with van der Waals surface area (Å²) in [5.41, 5.74) is 0.996. The fourth-order valence-electron chi connectivity index (χ4n) is 2.47. The average Bonchev–Trinajstić information content (AvgIpc) is 2.61. The summed E-state index contributed by atoms with van der Waals surface area (Å²) in [7, 11) is 0. The predicted octanol–water partition coefficient (Wildman–Crippen LogP) is 5.09. The number of nitrogens with zero attached hydrogens (tertiary/aromatic N) is 1. The molecule has 3 aromatic rings. The molecule has 0 radical (unpaired) electrons. The van der Waals surface area contributed by atoms with Crippen molar-refractivity contribution in [3.63, 3.8) is 0 Å². The Bertz CT molecular complexity index is 1020. The van der Waals surface area contributed by atoms with E-state index in [0.717, 1.165) is 11.6 Å². The number of hydrogen-bond donors (Lipinski definition) is 1. The minimum absolute atomic E-state index is 0.0997. The highest BCUT2D eigenvalue weighted by Crippen LogP contribution is 2.30. The Kier molecular flexibility index (Phi) is 5.12. The maximum atomic E-state index is 13.3. The van der Waals surface area contributed by atoms with Crippen LogP contribution in [0.15, 0.2) is 66.7 Å². The summed E-state index contributed by atoms with van der Waals surface area (Å²) in [6.07, 6.45) is 0. The lowest BCUT2D eigenvalue weighted by molar-refractivity contribution is -0.384. The maximum Gasteiger partial charge on any atom is 0.275 e. The lowest BCUT2D eigenvalue weighted by Gasteiger charge is -2.10. The lowest BCUT2D eigenvalue weighted by Crippen LogP contribution is -2.12. The lowest BCUT2D eigenvalue weighted by atomic mass is 10.2. The molecule has 0 aliphatic carbocycles. The number of nitrogens with one attached hydrogen (secondary N) is 1. The number of ether oxygens (including phenoxy) is 1. The number of non-ortho nitro benzene ring substituents is 1. The Morgan fingerprint density at radius 1 is 1.04 bits per heavy atom. The molecule has 3 rings (SSSR count). The summed E-state index contributed by atoms with van der Waals surface area (Å²) in [6, 6.07) is 16.3. The van der Waals surface area contributed by atoms with Gasteiger partial charge in [-0.05, 0) is 42.8 Å². The summed E-state index contributed by atoms with van der Waals surface area (Å²) >= 11 is 0. The van der Waals surface area contributed by atoms with Crippen molar-refractivity contribution in [3.05, 3.63) is 93.8 Å². The van der Waals surface area contributed by atoms with Crippen LogP contribution in [0.2, 0.25) is 0 Å². The summed E-state index contributed by atoms with van der Waals surface area (Å²) in [6.45, 7) is 1.89. The topological polar surface area (TPSA) is 81.5 Å². The van der Waals surface area contributed by atoms with Crippen molar-refractivity contribution in [3.8, 4) is 11.5 Å². The van der Waals surface area contributed by atoms with Crippen LogP contribution in [0.4, 0.5) is 15.8 Å². The van der Waals surface area contributed by atoms with E-state index >= 15 is 0 Å². The molecular formula is C20H15FN2O4. The second kappa shape index (κ2) is 7.65. The van der Waals surface area contributed by atoms with Gasteiger partial charge in [0.15, 0.2) is 0 Å². The summed E-state index contributed by atoms with van der Waals surface area (Å²) in [4.78, 5) is 22.9. The fourth-order valence-corrected chi connectivity index (χ4v) is 2.47. The van der Waals surface area contributed by atoms with Crippen LogP contribution < -0.4 is 10.1 Å². The average molecular weight is 366 g/mol. The molecule has 0 unspecified atom stereocenters. The minimum Gasteiger partial charge on any atom is -0.457 e. The number of carbonyl (C=O) groups is 1. The Hall–Kier alpha value is -3.74. The molecule has 3 aromatic carbocycles. The van der Waals surface area contributed by atoms with Gasteiger partial charge >= 0.3 is 0 Å². The van der Waals surface area contributed by atoms with Crippen LogP contribution in [-0.2, 0) is 0 Å². The second-order valence-corrected chi connectivity index (χ2v) is 5.86. The molecule has 0 fully saturated rings. The van der Waals surface area contributed by atoms with Crippen molar-refractivity contribution in [2.45, 2.75) is 6.92 Å². The normalized spacial score (nSPS) is 10.3. The molecule has 0 aliphatic rings. The van der Waals surface area contributed by atoms with Crippen LogP contribution in [0.1, 0.15) is 15.9 Å². The highest BCUT2D eigenvalue weighted by Gasteiger charge is 2.14. The zero-order valence-electron chi connectivity index (χ0n) is 14.3. The molecule has 0 saturated carbocycles. The molecule has 1 N–H and O–H groups in total. The van der Waals surface area contributed by atoms with E-state index in [1.807, 2.05) is 13.0 Å². The van der Waals surface area contributed by atoms with Crippen molar-refractivity contribution < 1.29 is 18.8 Å². The second-order valence-electron chi connectivity index (χ2n) is 5.86. The van der Waals surface area contributed by atoms with Crippen molar-refractivity contribution >= 4 is 17.3 Å². The van der Waals surface area contributed by atoms with Crippen LogP contribution in [0.5, 0.6) is 11.5 Å². The quantitative estimate of drug-likeness (QED) is 0.504. The molecule has 0 aromatic heterocycles. The molecule has 0 aliphatic heterocycles. The number of nitro benzene ring substituents is 1. The van der Waals surface area contributed by atoms with Crippen molar-refractivity contribution in [1.29, 1.82) is 0 Å². The van der Waals surface area contributed by atoms with Crippen LogP contribution >= 0.6 is 0 Å². The van der Waals surface area contributed by atoms with E-state index in [1.165, 1.54) is 36.4 Å². The minimum atomic E-state index is -0.587. The van der Waals surface area contributed by atoms with E-state index in [1.54, 1.807) is 18.2 Å². The number of amides is 1. The van der Waals surface area contributed by atoms with Crippen molar-refractivity contribution in [1.82, 2.24) is 0 Å². The first kappa shape index (κ1) is 18.1. The number of halogens is 1. The Labute approximate surface area is 154 Å². The SMILES string of the molecule is Cc1cccc(Oc2cc(NC(=O)c3cccc(F)c3)cc([N+](=O)[O-])c2)c1. The van der Waals surface area contributed by atoms with Gasteiger partial charge in [0, 0.05) is 17.7 Å². The molecule has 136 valence electrons. The van der Waals surface area contributed by atoms with Gasteiger partial charge in [-0.2, -0.15) is 0 Å². The number of anilines is 1. The summed E-state index contributed by atoms with van der Waals surface area (Å²) < 4.78 is 19.0.